The molecular formula is C17H15N3O. The van der Waals surface area contributed by atoms with Gasteiger partial charge in [-0.3, -0.25) is 4.79 Å². The number of anilines is 2. The molecule has 1 aromatic heterocycles. The number of benzene rings is 2. The highest BCUT2D eigenvalue weighted by molar-refractivity contribution is 5.95. The highest BCUT2D eigenvalue weighted by atomic mass is 16.1. The molecule has 0 spiro atoms. The van der Waals surface area contributed by atoms with Crippen LogP contribution in [0.5, 0.6) is 0 Å². The zero-order valence-electron chi connectivity index (χ0n) is 11.7. The molecule has 4 nitrogen and oxygen atoms in total. The summed E-state index contributed by atoms with van der Waals surface area (Å²) in [5.41, 5.74) is 3.44. The van der Waals surface area contributed by atoms with Crippen LogP contribution in [0.25, 0.3) is 5.69 Å². The van der Waals surface area contributed by atoms with Gasteiger partial charge < -0.3 is 5.32 Å². The summed E-state index contributed by atoms with van der Waals surface area (Å²) < 4.78 is 1.80. The van der Waals surface area contributed by atoms with Crippen LogP contribution in [-0.4, -0.2) is 15.6 Å². The summed E-state index contributed by atoms with van der Waals surface area (Å²) in [4.78, 5) is 11.4. The quantitative estimate of drug-likeness (QED) is 0.737. The molecule has 0 bridgehead atoms. The first-order valence-electron chi connectivity index (χ1n) is 6.70. The standard InChI is InChI=1S/C17H15N3O/c1-13(21)14-6-5-7-15(10-14)19-16-11-18-20(12-16)17-8-3-2-4-9-17/h2-12,19H,1H3. The van der Waals surface area contributed by atoms with Crippen LogP contribution in [0.4, 0.5) is 11.4 Å². The maximum atomic E-state index is 11.4. The predicted molar refractivity (Wildman–Crippen MR) is 83.3 cm³/mol. The Morgan fingerprint density at radius 3 is 2.62 bits per heavy atom. The Bertz CT molecular complexity index is 762. The summed E-state index contributed by atoms with van der Waals surface area (Å²) in [5.74, 6) is 0.0543. The summed E-state index contributed by atoms with van der Waals surface area (Å²) in [6.45, 7) is 1.56. The van der Waals surface area contributed by atoms with E-state index in [0.717, 1.165) is 17.1 Å². The van der Waals surface area contributed by atoms with Crippen molar-refractivity contribution in [2.24, 2.45) is 0 Å². The number of hydrogen-bond donors (Lipinski definition) is 1. The summed E-state index contributed by atoms with van der Waals surface area (Å²) in [5, 5.41) is 7.58. The summed E-state index contributed by atoms with van der Waals surface area (Å²) in [6, 6.07) is 17.3. The fourth-order valence-electron chi connectivity index (χ4n) is 2.09. The van der Waals surface area contributed by atoms with Gasteiger partial charge in [0.25, 0.3) is 0 Å². The number of aromatic nitrogens is 2. The number of carbonyl (C=O) groups is 1. The smallest absolute Gasteiger partial charge is 0.159 e. The van der Waals surface area contributed by atoms with Crippen molar-refractivity contribution < 1.29 is 4.79 Å². The summed E-state index contributed by atoms with van der Waals surface area (Å²) >= 11 is 0. The maximum Gasteiger partial charge on any atom is 0.159 e. The second-order valence-corrected chi connectivity index (χ2v) is 4.77. The van der Waals surface area contributed by atoms with E-state index in [0.29, 0.717) is 5.56 Å². The monoisotopic (exact) mass is 277 g/mol. The van der Waals surface area contributed by atoms with Gasteiger partial charge in [-0.25, -0.2) is 4.68 Å². The topological polar surface area (TPSA) is 46.9 Å². The first-order valence-corrected chi connectivity index (χ1v) is 6.70. The molecule has 2 aromatic carbocycles. The van der Waals surface area contributed by atoms with Gasteiger partial charge in [0.05, 0.1) is 23.8 Å². The highest BCUT2D eigenvalue weighted by Crippen LogP contribution is 2.18. The third-order valence-corrected chi connectivity index (χ3v) is 3.16. The van der Waals surface area contributed by atoms with Gasteiger partial charge in [0, 0.05) is 11.3 Å². The fourth-order valence-corrected chi connectivity index (χ4v) is 2.09. The predicted octanol–water partition coefficient (Wildman–Crippen LogP) is 3.82. The van der Waals surface area contributed by atoms with E-state index in [9.17, 15) is 4.79 Å². The Morgan fingerprint density at radius 1 is 1.05 bits per heavy atom. The molecule has 0 aliphatic heterocycles. The van der Waals surface area contributed by atoms with Gasteiger partial charge in [0.2, 0.25) is 0 Å². The Kier molecular flexibility index (Phi) is 3.51. The van der Waals surface area contributed by atoms with E-state index < -0.39 is 0 Å². The van der Waals surface area contributed by atoms with Crippen LogP contribution in [0, 0.1) is 0 Å². The van der Waals surface area contributed by atoms with E-state index in [1.165, 1.54) is 0 Å². The minimum atomic E-state index is 0.0543. The van der Waals surface area contributed by atoms with E-state index >= 15 is 0 Å². The van der Waals surface area contributed by atoms with Gasteiger partial charge in [-0.1, -0.05) is 30.3 Å². The molecule has 0 radical (unpaired) electrons. The number of nitrogens with one attached hydrogen (secondary N) is 1. The van der Waals surface area contributed by atoms with E-state index in [1.807, 2.05) is 54.7 Å². The second kappa shape index (κ2) is 5.63. The molecule has 1 N–H and O–H groups in total. The van der Waals surface area contributed by atoms with E-state index in [2.05, 4.69) is 10.4 Å². The SMILES string of the molecule is CC(=O)c1cccc(Nc2cnn(-c3ccccc3)c2)c1. The molecule has 0 aliphatic carbocycles. The first-order chi connectivity index (χ1) is 10.2. The minimum Gasteiger partial charge on any atom is -0.353 e. The molecule has 0 amide bonds. The van der Waals surface area contributed by atoms with Crippen LogP contribution < -0.4 is 5.32 Å². The average molecular weight is 277 g/mol. The van der Waals surface area contributed by atoms with Crippen molar-refractivity contribution in [3.8, 4) is 5.69 Å². The third-order valence-electron chi connectivity index (χ3n) is 3.16. The molecule has 1 heterocycles. The van der Waals surface area contributed by atoms with E-state index in [-0.39, 0.29) is 5.78 Å². The van der Waals surface area contributed by atoms with Crippen LogP contribution in [0.3, 0.4) is 0 Å². The normalized spacial score (nSPS) is 10.3. The lowest BCUT2D eigenvalue weighted by Gasteiger charge is -2.04. The van der Waals surface area contributed by atoms with Crippen molar-refractivity contribution in [2.45, 2.75) is 6.92 Å². The second-order valence-electron chi connectivity index (χ2n) is 4.77. The lowest BCUT2D eigenvalue weighted by Crippen LogP contribution is -1.95. The van der Waals surface area contributed by atoms with Crippen molar-refractivity contribution in [3.63, 3.8) is 0 Å². The Morgan fingerprint density at radius 2 is 1.86 bits per heavy atom. The Labute approximate surface area is 123 Å². The molecule has 0 unspecified atom stereocenters. The molecule has 0 atom stereocenters. The number of nitrogens with zero attached hydrogens (tertiary/aromatic N) is 2. The molecule has 21 heavy (non-hydrogen) atoms. The summed E-state index contributed by atoms with van der Waals surface area (Å²) in [7, 11) is 0. The van der Waals surface area contributed by atoms with Crippen LogP contribution >= 0.6 is 0 Å². The third kappa shape index (κ3) is 3.00. The van der Waals surface area contributed by atoms with Gasteiger partial charge in [0.1, 0.15) is 0 Å². The number of carbonyl (C=O) groups excluding carboxylic acids is 1. The van der Waals surface area contributed by atoms with Crippen molar-refractivity contribution in [1.29, 1.82) is 0 Å². The number of rotatable bonds is 4. The molecule has 104 valence electrons. The number of ketones is 1. The van der Waals surface area contributed by atoms with Crippen LogP contribution in [-0.2, 0) is 0 Å². The van der Waals surface area contributed by atoms with Crippen molar-refractivity contribution in [3.05, 3.63) is 72.6 Å². The van der Waals surface area contributed by atoms with Crippen molar-refractivity contribution in [2.75, 3.05) is 5.32 Å². The molecule has 3 aromatic rings. The van der Waals surface area contributed by atoms with Gasteiger partial charge in [-0.05, 0) is 31.2 Å². The maximum absolute atomic E-state index is 11.4. The first kappa shape index (κ1) is 13.1. The molecule has 4 heteroatoms. The van der Waals surface area contributed by atoms with Gasteiger partial charge in [-0.2, -0.15) is 5.10 Å². The zero-order valence-corrected chi connectivity index (χ0v) is 11.7. The Balaban J connectivity index is 1.82. The lowest BCUT2D eigenvalue weighted by atomic mass is 10.1. The molecule has 0 saturated heterocycles. The zero-order chi connectivity index (χ0) is 14.7. The fraction of sp³-hybridized carbons (Fsp3) is 0.0588. The van der Waals surface area contributed by atoms with Gasteiger partial charge in [-0.15, -0.1) is 0 Å². The molecule has 3 rings (SSSR count). The number of hydrogen-bond acceptors (Lipinski definition) is 3. The molecular weight excluding hydrogens is 262 g/mol. The van der Waals surface area contributed by atoms with Crippen molar-refractivity contribution in [1.82, 2.24) is 9.78 Å². The largest absolute Gasteiger partial charge is 0.353 e. The molecule has 0 fully saturated rings. The number of Topliss-reactive ketones (excluding diaryl/α,β-unsaturated/α-hetero) is 1. The highest BCUT2D eigenvalue weighted by Gasteiger charge is 2.03. The minimum absolute atomic E-state index is 0.0543. The Hall–Kier alpha value is -2.88. The van der Waals surface area contributed by atoms with Gasteiger partial charge >= 0.3 is 0 Å². The van der Waals surface area contributed by atoms with Crippen molar-refractivity contribution >= 4 is 17.2 Å². The van der Waals surface area contributed by atoms with Crippen LogP contribution in [0.2, 0.25) is 0 Å². The van der Waals surface area contributed by atoms with Crippen LogP contribution in [0.1, 0.15) is 17.3 Å². The number of para-hydroxylation sites is 1. The summed E-state index contributed by atoms with van der Waals surface area (Å²) in [6.07, 6.45) is 3.67. The van der Waals surface area contributed by atoms with Gasteiger partial charge in [0.15, 0.2) is 5.78 Å². The van der Waals surface area contributed by atoms with E-state index in [4.69, 9.17) is 0 Å². The average Bonchev–Trinajstić information content (AvgIpc) is 2.97. The molecule has 0 saturated carbocycles. The van der Waals surface area contributed by atoms with Crippen LogP contribution in [0.15, 0.2) is 67.0 Å². The van der Waals surface area contributed by atoms with E-state index in [1.54, 1.807) is 23.9 Å². The molecule has 0 aliphatic rings. The lowest BCUT2D eigenvalue weighted by molar-refractivity contribution is 0.101.